The first-order chi connectivity index (χ1) is 9.42. The molecule has 0 amide bonds. The van der Waals surface area contributed by atoms with Gasteiger partial charge in [0.1, 0.15) is 15.4 Å². The Morgan fingerprint density at radius 2 is 2.11 bits per heavy atom. The van der Waals surface area contributed by atoms with E-state index in [-0.39, 0.29) is 6.04 Å². The number of nitrogens with zero attached hydrogens (tertiary/aromatic N) is 2. The lowest BCUT2D eigenvalue weighted by Crippen LogP contribution is -2.30. The SMILES string of the molecule is c1ccc2c(c1)CCNC2c1nc2cccnc2s1. The van der Waals surface area contributed by atoms with E-state index in [9.17, 15) is 0 Å². The molecule has 19 heavy (non-hydrogen) atoms. The van der Waals surface area contributed by atoms with Crippen molar-refractivity contribution >= 4 is 21.7 Å². The second-order valence-corrected chi connectivity index (χ2v) is 5.72. The van der Waals surface area contributed by atoms with Gasteiger partial charge in [-0.25, -0.2) is 9.97 Å². The molecular weight excluding hydrogens is 254 g/mol. The molecule has 4 rings (SSSR count). The fourth-order valence-corrected chi connectivity index (χ4v) is 3.64. The number of aromatic nitrogens is 2. The molecule has 0 radical (unpaired) electrons. The smallest absolute Gasteiger partial charge is 0.143 e. The van der Waals surface area contributed by atoms with Crippen LogP contribution in [0, 0.1) is 0 Å². The number of fused-ring (bicyclic) bond motifs is 2. The number of hydrogen-bond donors (Lipinski definition) is 1. The van der Waals surface area contributed by atoms with E-state index in [0.717, 1.165) is 28.3 Å². The third-order valence-electron chi connectivity index (χ3n) is 3.54. The lowest BCUT2D eigenvalue weighted by atomic mass is 9.95. The molecule has 0 bridgehead atoms. The second-order valence-electron chi connectivity index (χ2n) is 4.72. The van der Waals surface area contributed by atoms with Gasteiger partial charge in [0.2, 0.25) is 0 Å². The Morgan fingerprint density at radius 3 is 3.05 bits per heavy atom. The second kappa shape index (κ2) is 4.40. The Hall–Kier alpha value is -1.78. The van der Waals surface area contributed by atoms with Gasteiger partial charge in [-0.15, -0.1) is 0 Å². The summed E-state index contributed by atoms with van der Waals surface area (Å²) in [6.45, 7) is 1.00. The maximum atomic E-state index is 4.73. The van der Waals surface area contributed by atoms with Gasteiger partial charge < -0.3 is 5.32 Å². The summed E-state index contributed by atoms with van der Waals surface area (Å²) in [5, 5.41) is 4.68. The van der Waals surface area contributed by atoms with Crippen molar-refractivity contribution in [1.82, 2.24) is 15.3 Å². The van der Waals surface area contributed by atoms with Crippen LogP contribution in [0.3, 0.4) is 0 Å². The molecule has 2 aromatic heterocycles. The third-order valence-corrected chi connectivity index (χ3v) is 4.58. The van der Waals surface area contributed by atoms with E-state index in [1.807, 2.05) is 18.3 Å². The highest BCUT2D eigenvalue weighted by Crippen LogP contribution is 2.32. The summed E-state index contributed by atoms with van der Waals surface area (Å²) in [4.78, 5) is 10.1. The van der Waals surface area contributed by atoms with Crippen LogP contribution in [0.1, 0.15) is 22.2 Å². The van der Waals surface area contributed by atoms with E-state index in [1.165, 1.54) is 11.1 Å². The van der Waals surface area contributed by atoms with Gasteiger partial charge in [0.25, 0.3) is 0 Å². The van der Waals surface area contributed by atoms with Gasteiger partial charge in [0.15, 0.2) is 0 Å². The summed E-state index contributed by atoms with van der Waals surface area (Å²) in [5.41, 5.74) is 3.78. The zero-order chi connectivity index (χ0) is 12.7. The van der Waals surface area contributed by atoms with Crippen LogP contribution in [-0.4, -0.2) is 16.5 Å². The number of thiazole rings is 1. The van der Waals surface area contributed by atoms with Crippen LogP contribution >= 0.6 is 11.3 Å². The Morgan fingerprint density at radius 1 is 1.16 bits per heavy atom. The molecule has 1 atom stereocenters. The molecule has 1 N–H and O–H groups in total. The van der Waals surface area contributed by atoms with Crippen molar-refractivity contribution in [2.75, 3.05) is 6.54 Å². The number of rotatable bonds is 1. The highest BCUT2D eigenvalue weighted by molar-refractivity contribution is 7.18. The zero-order valence-corrected chi connectivity index (χ0v) is 11.2. The number of hydrogen-bond acceptors (Lipinski definition) is 4. The zero-order valence-electron chi connectivity index (χ0n) is 10.3. The van der Waals surface area contributed by atoms with Gasteiger partial charge in [-0.1, -0.05) is 35.6 Å². The van der Waals surface area contributed by atoms with Crippen molar-refractivity contribution in [3.05, 3.63) is 58.7 Å². The van der Waals surface area contributed by atoms with Crippen molar-refractivity contribution in [2.24, 2.45) is 0 Å². The molecule has 3 heterocycles. The maximum Gasteiger partial charge on any atom is 0.143 e. The molecule has 1 aliphatic heterocycles. The average molecular weight is 267 g/mol. The lowest BCUT2D eigenvalue weighted by Gasteiger charge is -2.25. The first-order valence-corrected chi connectivity index (χ1v) is 7.26. The molecule has 94 valence electrons. The van der Waals surface area contributed by atoms with Crippen LogP contribution in [0.15, 0.2) is 42.6 Å². The number of nitrogens with one attached hydrogen (secondary N) is 1. The van der Waals surface area contributed by atoms with Gasteiger partial charge in [0.05, 0.1) is 6.04 Å². The average Bonchev–Trinajstić information content (AvgIpc) is 2.90. The van der Waals surface area contributed by atoms with Gasteiger partial charge >= 0.3 is 0 Å². The van der Waals surface area contributed by atoms with Gasteiger partial charge in [-0.2, -0.15) is 0 Å². The van der Waals surface area contributed by atoms with Crippen LogP contribution < -0.4 is 5.32 Å². The summed E-state index contributed by atoms with van der Waals surface area (Å²) in [6.07, 6.45) is 2.92. The normalized spacial score (nSPS) is 18.4. The quantitative estimate of drug-likeness (QED) is 0.736. The molecule has 1 aromatic carbocycles. The van der Waals surface area contributed by atoms with Crippen LogP contribution in [0.2, 0.25) is 0 Å². The molecule has 0 fully saturated rings. The first-order valence-electron chi connectivity index (χ1n) is 6.44. The molecule has 0 saturated carbocycles. The Kier molecular flexibility index (Phi) is 2.57. The van der Waals surface area contributed by atoms with Crippen LogP contribution in [-0.2, 0) is 6.42 Å². The Balaban J connectivity index is 1.85. The van der Waals surface area contributed by atoms with Crippen LogP contribution in [0.5, 0.6) is 0 Å². The summed E-state index contributed by atoms with van der Waals surface area (Å²) in [5.74, 6) is 0. The largest absolute Gasteiger partial charge is 0.304 e. The van der Waals surface area contributed by atoms with Crippen molar-refractivity contribution < 1.29 is 0 Å². The monoisotopic (exact) mass is 267 g/mol. The molecule has 3 aromatic rings. The summed E-state index contributed by atoms with van der Waals surface area (Å²) in [6, 6.07) is 12.8. The molecule has 4 heteroatoms. The molecular formula is C15H13N3S. The molecule has 0 saturated heterocycles. The summed E-state index contributed by atoms with van der Waals surface area (Å²) < 4.78 is 0. The molecule has 0 aliphatic carbocycles. The highest BCUT2D eigenvalue weighted by atomic mass is 32.1. The van der Waals surface area contributed by atoms with E-state index in [0.29, 0.717) is 0 Å². The van der Waals surface area contributed by atoms with Crippen molar-refractivity contribution in [1.29, 1.82) is 0 Å². The molecule has 1 aliphatic rings. The van der Waals surface area contributed by atoms with Gasteiger partial charge in [-0.3, -0.25) is 0 Å². The van der Waals surface area contributed by atoms with Crippen LogP contribution in [0.25, 0.3) is 10.3 Å². The topological polar surface area (TPSA) is 37.8 Å². The highest BCUT2D eigenvalue weighted by Gasteiger charge is 2.23. The minimum atomic E-state index is 0.212. The minimum absolute atomic E-state index is 0.212. The molecule has 0 spiro atoms. The maximum absolute atomic E-state index is 4.73. The van der Waals surface area contributed by atoms with E-state index in [4.69, 9.17) is 4.98 Å². The lowest BCUT2D eigenvalue weighted by molar-refractivity contribution is 0.566. The van der Waals surface area contributed by atoms with E-state index in [1.54, 1.807) is 11.3 Å². The predicted molar refractivity (Wildman–Crippen MR) is 77.4 cm³/mol. The van der Waals surface area contributed by atoms with Crippen molar-refractivity contribution in [3.8, 4) is 0 Å². The van der Waals surface area contributed by atoms with Crippen LogP contribution in [0.4, 0.5) is 0 Å². The minimum Gasteiger partial charge on any atom is -0.304 e. The number of pyridine rings is 1. The summed E-state index contributed by atoms with van der Waals surface area (Å²) >= 11 is 1.68. The third kappa shape index (κ3) is 1.84. The van der Waals surface area contributed by atoms with Gasteiger partial charge in [0, 0.05) is 12.7 Å². The van der Waals surface area contributed by atoms with E-state index < -0.39 is 0 Å². The first kappa shape index (κ1) is 11.1. The summed E-state index contributed by atoms with van der Waals surface area (Å²) in [7, 11) is 0. The van der Waals surface area contributed by atoms with E-state index in [2.05, 4.69) is 34.6 Å². The Labute approximate surface area is 115 Å². The molecule has 1 unspecified atom stereocenters. The van der Waals surface area contributed by atoms with Crippen molar-refractivity contribution in [3.63, 3.8) is 0 Å². The Bertz CT molecular complexity index is 702. The van der Waals surface area contributed by atoms with E-state index >= 15 is 0 Å². The van der Waals surface area contributed by atoms with Gasteiger partial charge in [-0.05, 0) is 29.7 Å². The fraction of sp³-hybridized carbons (Fsp3) is 0.200. The number of benzene rings is 1. The fourth-order valence-electron chi connectivity index (χ4n) is 2.64. The standard InChI is InChI=1S/C15H13N3S/c1-2-5-11-10(4-1)7-9-16-13(11)15-18-12-6-3-8-17-14(12)19-15/h1-6,8,13,16H,7,9H2. The predicted octanol–water partition coefficient (Wildman–Crippen LogP) is 2.93. The molecule has 3 nitrogen and oxygen atoms in total. The van der Waals surface area contributed by atoms with Crippen molar-refractivity contribution in [2.45, 2.75) is 12.5 Å².